The summed E-state index contributed by atoms with van der Waals surface area (Å²) in [5.74, 6) is -0.204. The Morgan fingerprint density at radius 2 is 2.38 bits per heavy atom. The van der Waals surface area contributed by atoms with Crippen molar-refractivity contribution in [2.45, 2.75) is 25.0 Å². The second-order valence-electron chi connectivity index (χ2n) is 4.16. The minimum Gasteiger partial charge on any atom is -0.396 e. The van der Waals surface area contributed by atoms with Gasteiger partial charge in [0.05, 0.1) is 6.10 Å². The molecule has 4 nitrogen and oxygen atoms in total. The van der Waals surface area contributed by atoms with Crippen molar-refractivity contribution < 1.29 is 15.0 Å². The van der Waals surface area contributed by atoms with E-state index in [1.807, 2.05) is 5.38 Å². The third-order valence-electron chi connectivity index (χ3n) is 3.01. The summed E-state index contributed by atoms with van der Waals surface area (Å²) in [5, 5.41) is 25.1. The summed E-state index contributed by atoms with van der Waals surface area (Å²) in [5.41, 5.74) is 0.659. The van der Waals surface area contributed by atoms with E-state index in [2.05, 4.69) is 5.32 Å². The Labute approximate surface area is 97.9 Å². The molecule has 3 atom stereocenters. The van der Waals surface area contributed by atoms with Crippen LogP contribution in [0.5, 0.6) is 0 Å². The minimum absolute atomic E-state index is 0.0218. The zero-order chi connectivity index (χ0) is 11.5. The van der Waals surface area contributed by atoms with Gasteiger partial charge >= 0.3 is 0 Å². The Kier molecular flexibility index (Phi) is 3.58. The van der Waals surface area contributed by atoms with Crippen LogP contribution in [0.4, 0.5) is 0 Å². The lowest BCUT2D eigenvalue weighted by Crippen LogP contribution is -2.33. The number of carbonyl (C=O) groups excluding carboxylic acids is 1. The average Bonchev–Trinajstić information content (AvgIpc) is 2.87. The molecule has 0 spiro atoms. The summed E-state index contributed by atoms with van der Waals surface area (Å²) in [6.45, 7) is -0.0218. The molecule has 0 saturated heterocycles. The number of hydrogen-bond donors (Lipinski definition) is 3. The molecule has 0 unspecified atom stereocenters. The largest absolute Gasteiger partial charge is 0.396 e. The Morgan fingerprint density at radius 3 is 2.94 bits per heavy atom. The van der Waals surface area contributed by atoms with Gasteiger partial charge in [-0.2, -0.15) is 11.3 Å². The van der Waals surface area contributed by atoms with E-state index in [-0.39, 0.29) is 24.5 Å². The van der Waals surface area contributed by atoms with Gasteiger partial charge < -0.3 is 15.5 Å². The zero-order valence-corrected chi connectivity index (χ0v) is 9.61. The van der Waals surface area contributed by atoms with Gasteiger partial charge in [-0.25, -0.2) is 0 Å². The summed E-state index contributed by atoms with van der Waals surface area (Å²) in [4.78, 5) is 11.7. The van der Waals surface area contributed by atoms with Crippen LogP contribution in [0.2, 0.25) is 0 Å². The molecule has 88 valence electrons. The van der Waals surface area contributed by atoms with Crippen LogP contribution in [-0.4, -0.2) is 34.9 Å². The van der Waals surface area contributed by atoms with Crippen LogP contribution in [0.25, 0.3) is 0 Å². The normalized spacial score (nSPS) is 29.2. The molecule has 3 N–H and O–H groups in total. The lowest BCUT2D eigenvalue weighted by atomic mass is 10.1. The van der Waals surface area contributed by atoms with Gasteiger partial charge in [-0.3, -0.25) is 4.79 Å². The van der Waals surface area contributed by atoms with E-state index in [1.165, 1.54) is 11.3 Å². The molecule has 0 aromatic carbocycles. The number of amides is 1. The number of rotatable bonds is 3. The Bertz CT molecular complexity index is 352. The molecule has 1 aliphatic rings. The number of nitrogens with one attached hydrogen (secondary N) is 1. The van der Waals surface area contributed by atoms with Crippen LogP contribution in [0.1, 0.15) is 23.2 Å². The van der Waals surface area contributed by atoms with Gasteiger partial charge in [-0.05, 0) is 24.3 Å². The van der Waals surface area contributed by atoms with Gasteiger partial charge in [0.1, 0.15) is 0 Å². The summed E-state index contributed by atoms with van der Waals surface area (Å²) in [6, 6.07) is 1.74. The molecule has 1 aromatic heterocycles. The predicted octanol–water partition coefficient (Wildman–Crippen LogP) is 0.610. The van der Waals surface area contributed by atoms with E-state index in [4.69, 9.17) is 5.11 Å². The highest BCUT2D eigenvalue weighted by Crippen LogP contribution is 2.25. The van der Waals surface area contributed by atoms with Crippen molar-refractivity contribution >= 4 is 17.2 Å². The molecule has 5 heteroatoms. The monoisotopic (exact) mass is 241 g/mol. The maximum Gasteiger partial charge on any atom is 0.252 e. The van der Waals surface area contributed by atoms with Crippen molar-refractivity contribution in [3.63, 3.8) is 0 Å². The number of aliphatic hydroxyl groups excluding tert-OH is 2. The molecule has 1 fully saturated rings. The summed E-state index contributed by atoms with van der Waals surface area (Å²) in [6.07, 6.45) is 0.673. The number of aliphatic hydroxyl groups is 2. The van der Waals surface area contributed by atoms with Crippen LogP contribution >= 0.6 is 11.3 Å². The van der Waals surface area contributed by atoms with Crippen LogP contribution in [0.15, 0.2) is 16.8 Å². The first-order valence-electron chi connectivity index (χ1n) is 5.32. The van der Waals surface area contributed by atoms with E-state index in [0.29, 0.717) is 18.4 Å². The van der Waals surface area contributed by atoms with Crippen molar-refractivity contribution in [1.29, 1.82) is 0 Å². The fourth-order valence-corrected chi connectivity index (χ4v) is 2.72. The maximum atomic E-state index is 11.7. The first kappa shape index (κ1) is 11.6. The van der Waals surface area contributed by atoms with E-state index >= 15 is 0 Å². The van der Waals surface area contributed by atoms with Gasteiger partial charge in [-0.1, -0.05) is 0 Å². The predicted molar refractivity (Wildman–Crippen MR) is 61.4 cm³/mol. The number of thiophene rings is 1. The van der Waals surface area contributed by atoms with Gasteiger partial charge in [0.15, 0.2) is 0 Å². The first-order valence-corrected chi connectivity index (χ1v) is 6.27. The van der Waals surface area contributed by atoms with Crippen LogP contribution in [0.3, 0.4) is 0 Å². The lowest BCUT2D eigenvalue weighted by molar-refractivity contribution is 0.0903. The van der Waals surface area contributed by atoms with Crippen LogP contribution in [-0.2, 0) is 0 Å². The van der Waals surface area contributed by atoms with Crippen LogP contribution in [0, 0.1) is 5.92 Å². The quantitative estimate of drug-likeness (QED) is 0.726. The molecular weight excluding hydrogens is 226 g/mol. The van der Waals surface area contributed by atoms with Crippen LogP contribution < -0.4 is 5.32 Å². The lowest BCUT2D eigenvalue weighted by Gasteiger charge is -2.11. The first-order chi connectivity index (χ1) is 7.70. The van der Waals surface area contributed by atoms with Crippen molar-refractivity contribution in [2.75, 3.05) is 6.61 Å². The van der Waals surface area contributed by atoms with Crippen molar-refractivity contribution in [3.05, 3.63) is 22.4 Å². The summed E-state index contributed by atoms with van der Waals surface area (Å²) < 4.78 is 0. The zero-order valence-electron chi connectivity index (χ0n) is 8.80. The third-order valence-corrected chi connectivity index (χ3v) is 3.69. The number of carbonyl (C=O) groups is 1. The summed E-state index contributed by atoms with van der Waals surface area (Å²) in [7, 11) is 0. The smallest absolute Gasteiger partial charge is 0.252 e. The summed E-state index contributed by atoms with van der Waals surface area (Å²) >= 11 is 1.48. The molecule has 2 rings (SSSR count). The SMILES string of the molecule is O=C(N[C@@H]1C[C@H](CO)[C@H](O)C1)c1ccsc1. The van der Waals surface area contributed by atoms with Gasteiger partial charge in [0.25, 0.3) is 5.91 Å². The van der Waals surface area contributed by atoms with E-state index < -0.39 is 6.10 Å². The van der Waals surface area contributed by atoms with Gasteiger partial charge in [-0.15, -0.1) is 0 Å². The standard InChI is InChI=1S/C11H15NO3S/c13-5-8-3-9(4-10(8)14)12-11(15)7-1-2-16-6-7/h1-2,6,8-10,13-14H,3-5H2,(H,12,15)/t8-,9-,10-/m1/s1. The van der Waals surface area contributed by atoms with Crippen molar-refractivity contribution in [3.8, 4) is 0 Å². The van der Waals surface area contributed by atoms with E-state index in [0.717, 1.165) is 0 Å². The van der Waals surface area contributed by atoms with Gasteiger partial charge in [0, 0.05) is 29.5 Å². The molecule has 0 bridgehead atoms. The Morgan fingerprint density at radius 1 is 1.56 bits per heavy atom. The molecule has 1 heterocycles. The highest BCUT2D eigenvalue weighted by Gasteiger charge is 2.33. The topological polar surface area (TPSA) is 69.6 Å². The molecule has 1 saturated carbocycles. The Balaban J connectivity index is 1.90. The molecule has 0 aliphatic heterocycles. The fourth-order valence-electron chi connectivity index (χ4n) is 2.08. The average molecular weight is 241 g/mol. The molecule has 1 aromatic rings. The maximum absolute atomic E-state index is 11.7. The Hall–Kier alpha value is -0.910. The third kappa shape index (κ3) is 2.42. The fraction of sp³-hybridized carbons (Fsp3) is 0.545. The molecule has 1 amide bonds. The van der Waals surface area contributed by atoms with Crippen molar-refractivity contribution in [1.82, 2.24) is 5.32 Å². The second-order valence-corrected chi connectivity index (χ2v) is 4.94. The highest BCUT2D eigenvalue weighted by molar-refractivity contribution is 7.08. The van der Waals surface area contributed by atoms with Crippen molar-refractivity contribution in [2.24, 2.45) is 5.92 Å². The molecular formula is C11H15NO3S. The molecule has 0 radical (unpaired) electrons. The number of hydrogen-bond acceptors (Lipinski definition) is 4. The van der Waals surface area contributed by atoms with E-state index in [9.17, 15) is 9.90 Å². The second kappa shape index (κ2) is 4.95. The van der Waals surface area contributed by atoms with E-state index in [1.54, 1.807) is 11.4 Å². The molecule has 1 aliphatic carbocycles. The highest BCUT2D eigenvalue weighted by atomic mass is 32.1. The minimum atomic E-state index is -0.502. The molecule has 16 heavy (non-hydrogen) atoms. The van der Waals surface area contributed by atoms with Gasteiger partial charge in [0.2, 0.25) is 0 Å².